The summed E-state index contributed by atoms with van der Waals surface area (Å²) < 4.78 is 0. The highest BCUT2D eigenvalue weighted by Crippen LogP contribution is 2.37. The Kier molecular flexibility index (Phi) is 4.13. The van der Waals surface area contributed by atoms with Crippen molar-refractivity contribution in [1.82, 2.24) is 10.6 Å². The van der Waals surface area contributed by atoms with E-state index in [0.29, 0.717) is 12.8 Å². The van der Waals surface area contributed by atoms with Crippen molar-refractivity contribution in [3.63, 3.8) is 0 Å². The molecule has 1 amide bonds. The first-order valence-corrected chi connectivity index (χ1v) is 7.25. The minimum absolute atomic E-state index is 0.0558. The first-order valence-electron chi connectivity index (χ1n) is 7.25. The van der Waals surface area contributed by atoms with Gasteiger partial charge in [-0.05, 0) is 45.6 Å². The molecule has 0 aromatic heterocycles. The van der Waals surface area contributed by atoms with Gasteiger partial charge in [-0.3, -0.25) is 9.59 Å². The number of carboxylic acids is 1. The molecule has 5 nitrogen and oxygen atoms in total. The van der Waals surface area contributed by atoms with Gasteiger partial charge in [-0.2, -0.15) is 0 Å². The number of rotatable bonds is 4. The normalized spacial score (nSPS) is 29.9. The summed E-state index contributed by atoms with van der Waals surface area (Å²) in [6.45, 7) is 3.02. The Bertz CT molecular complexity index is 356. The lowest BCUT2D eigenvalue weighted by molar-refractivity contribution is -0.148. The summed E-state index contributed by atoms with van der Waals surface area (Å²) in [6, 6.07) is 0. The van der Waals surface area contributed by atoms with Crippen molar-refractivity contribution in [2.45, 2.75) is 57.4 Å². The SMILES string of the molecule is CC1(C(=O)NCC2(C(=O)O)CCCC2)CCCCN1. The molecule has 5 heteroatoms. The van der Waals surface area contributed by atoms with Gasteiger partial charge in [0.1, 0.15) is 0 Å². The van der Waals surface area contributed by atoms with Crippen molar-refractivity contribution < 1.29 is 14.7 Å². The zero-order chi connectivity index (χ0) is 13.9. The van der Waals surface area contributed by atoms with E-state index >= 15 is 0 Å². The number of nitrogens with one attached hydrogen (secondary N) is 2. The molecule has 1 unspecified atom stereocenters. The van der Waals surface area contributed by atoms with Crippen LogP contribution < -0.4 is 10.6 Å². The van der Waals surface area contributed by atoms with Gasteiger partial charge in [-0.25, -0.2) is 0 Å². The Morgan fingerprint density at radius 3 is 2.32 bits per heavy atom. The Balaban J connectivity index is 1.93. The number of carbonyl (C=O) groups is 2. The molecular formula is C14H24N2O3. The number of hydrogen-bond acceptors (Lipinski definition) is 3. The molecule has 2 aliphatic rings. The Morgan fingerprint density at radius 1 is 1.16 bits per heavy atom. The summed E-state index contributed by atoms with van der Waals surface area (Å²) in [6.07, 6.45) is 6.19. The molecule has 0 aromatic rings. The molecule has 1 atom stereocenters. The minimum Gasteiger partial charge on any atom is -0.481 e. The molecule has 0 spiro atoms. The molecule has 1 heterocycles. The summed E-state index contributed by atoms with van der Waals surface area (Å²) in [7, 11) is 0. The lowest BCUT2D eigenvalue weighted by atomic mass is 9.85. The predicted molar refractivity (Wildman–Crippen MR) is 71.8 cm³/mol. The average molecular weight is 268 g/mol. The fourth-order valence-electron chi connectivity index (χ4n) is 3.21. The van der Waals surface area contributed by atoms with Gasteiger partial charge < -0.3 is 15.7 Å². The Hall–Kier alpha value is -1.10. The van der Waals surface area contributed by atoms with Gasteiger partial charge in [-0.15, -0.1) is 0 Å². The van der Waals surface area contributed by atoms with Crippen molar-refractivity contribution in [3.8, 4) is 0 Å². The third kappa shape index (κ3) is 2.91. The van der Waals surface area contributed by atoms with Crippen molar-refractivity contribution in [2.75, 3.05) is 13.1 Å². The second kappa shape index (κ2) is 5.49. The fourth-order valence-corrected chi connectivity index (χ4v) is 3.21. The summed E-state index contributed by atoms with van der Waals surface area (Å²) in [5, 5.41) is 15.5. The first-order chi connectivity index (χ1) is 8.99. The lowest BCUT2D eigenvalue weighted by Gasteiger charge is -2.34. The molecule has 3 N–H and O–H groups in total. The second-order valence-electron chi connectivity index (χ2n) is 6.19. The highest BCUT2D eigenvalue weighted by atomic mass is 16.4. The van der Waals surface area contributed by atoms with E-state index in [-0.39, 0.29) is 12.5 Å². The van der Waals surface area contributed by atoms with Crippen molar-refractivity contribution in [3.05, 3.63) is 0 Å². The molecule has 0 bridgehead atoms. The third-order valence-electron chi connectivity index (χ3n) is 4.72. The van der Waals surface area contributed by atoms with Crippen LogP contribution in [0.4, 0.5) is 0 Å². The van der Waals surface area contributed by atoms with Crippen LogP contribution in [0.25, 0.3) is 0 Å². The molecule has 1 aliphatic heterocycles. The van der Waals surface area contributed by atoms with Gasteiger partial charge in [0.25, 0.3) is 0 Å². The maximum atomic E-state index is 12.3. The van der Waals surface area contributed by atoms with Gasteiger partial charge in [0, 0.05) is 6.54 Å². The summed E-state index contributed by atoms with van der Waals surface area (Å²) in [5.74, 6) is -0.827. The van der Waals surface area contributed by atoms with Crippen LogP contribution in [0.2, 0.25) is 0 Å². The number of aliphatic carboxylic acids is 1. The smallest absolute Gasteiger partial charge is 0.311 e. The zero-order valence-electron chi connectivity index (χ0n) is 11.6. The lowest BCUT2D eigenvalue weighted by Crippen LogP contribution is -2.58. The Morgan fingerprint density at radius 2 is 1.79 bits per heavy atom. The predicted octanol–water partition coefficient (Wildman–Crippen LogP) is 1.28. The monoisotopic (exact) mass is 268 g/mol. The molecule has 1 saturated heterocycles. The van der Waals surface area contributed by atoms with Crippen molar-refractivity contribution >= 4 is 11.9 Å². The van der Waals surface area contributed by atoms with E-state index < -0.39 is 16.9 Å². The van der Waals surface area contributed by atoms with Crippen LogP contribution in [-0.4, -0.2) is 35.6 Å². The molecule has 2 rings (SSSR count). The van der Waals surface area contributed by atoms with E-state index in [0.717, 1.165) is 38.6 Å². The molecular weight excluding hydrogens is 244 g/mol. The van der Waals surface area contributed by atoms with Crippen LogP contribution in [0.3, 0.4) is 0 Å². The van der Waals surface area contributed by atoms with E-state index in [1.165, 1.54) is 0 Å². The second-order valence-corrected chi connectivity index (χ2v) is 6.19. The minimum atomic E-state index is -0.771. The van der Waals surface area contributed by atoms with Gasteiger partial charge in [-0.1, -0.05) is 12.8 Å². The van der Waals surface area contributed by atoms with Crippen molar-refractivity contribution in [2.24, 2.45) is 5.41 Å². The van der Waals surface area contributed by atoms with Gasteiger partial charge in [0.15, 0.2) is 0 Å². The maximum absolute atomic E-state index is 12.3. The zero-order valence-corrected chi connectivity index (χ0v) is 11.6. The van der Waals surface area contributed by atoms with Crippen LogP contribution in [0.1, 0.15) is 51.9 Å². The first kappa shape index (κ1) is 14.3. The van der Waals surface area contributed by atoms with Crippen LogP contribution in [0.15, 0.2) is 0 Å². The quantitative estimate of drug-likeness (QED) is 0.717. The highest BCUT2D eigenvalue weighted by molar-refractivity contribution is 5.86. The third-order valence-corrected chi connectivity index (χ3v) is 4.72. The summed E-state index contributed by atoms with van der Waals surface area (Å²) in [5.41, 5.74) is -1.27. The van der Waals surface area contributed by atoms with E-state index in [2.05, 4.69) is 10.6 Å². The Labute approximate surface area is 114 Å². The number of amides is 1. The number of carbonyl (C=O) groups excluding carboxylic acids is 1. The molecule has 19 heavy (non-hydrogen) atoms. The molecule has 2 fully saturated rings. The fraction of sp³-hybridized carbons (Fsp3) is 0.857. The standard InChI is InChI=1S/C14H24N2O3/c1-13(6-4-5-9-16-13)11(17)15-10-14(12(18)19)7-2-3-8-14/h16H,2-10H2,1H3,(H,15,17)(H,18,19). The molecule has 1 saturated carbocycles. The topological polar surface area (TPSA) is 78.4 Å². The van der Waals surface area contributed by atoms with E-state index in [4.69, 9.17) is 0 Å². The summed E-state index contributed by atoms with van der Waals surface area (Å²) >= 11 is 0. The molecule has 1 aliphatic carbocycles. The van der Waals surface area contributed by atoms with E-state index in [1.54, 1.807) is 0 Å². The van der Waals surface area contributed by atoms with Gasteiger partial charge in [0.05, 0.1) is 11.0 Å². The average Bonchev–Trinajstić information content (AvgIpc) is 2.87. The van der Waals surface area contributed by atoms with Crippen LogP contribution >= 0.6 is 0 Å². The van der Waals surface area contributed by atoms with E-state index in [1.807, 2.05) is 6.92 Å². The maximum Gasteiger partial charge on any atom is 0.311 e. The number of hydrogen-bond donors (Lipinski definition) is 3. The largest absolute Gasteiger partial charge is 0.481 e. The molecule has 0 radical (unpaired) electrons. The highest BCUT2D eigenvalue weighted by Gasteiger charge is 2.43. The van der Waals surface area contributed by atoms with Crippen molar-refractivity contribution in [1.29, 1.82) is 0 Å². The van der Waals surface area contributed by atoms with Crippen LogP contribution in [0, 0.1) is 5.41 Å². The number of carboxylic acid groups (broad SMARTS) is 1. The van der Waals surface area contributed by atoms with Gasteiger partial charge in [0.2, 0.25) is 5.91 Å². The van der Waals surface area contributed by atoms with E-state index in [9.17, 15) is 14.7 Å². The van der Waals surface area contributed by atoms with Gasteiger partial charge >= 0.3 is 5.97 Å². The van der Waals surface area contributed by atoms with Crippen LogP contribution in [-0.2, 0) is 9.59 Å². The summed E-state index contributed by atoms with van der Waals surface area (Å²) in [4.78, 5) is 23.7. The number of piperidine rings is 1. The van der Waals surface area contributed by atoms with Crippen LogP contribution in [0.5, 0.6) is 0 Å². The molecule has 0 aromatic carbocycles. The molecule has 108 valence electrons.